The second-order valence-corrected chi connectivity index (χ2v) is 9.74. The molecule has 0 saturated heterocycles. The number of ketones is 2. The topological polar surface area (TPSA) is 137 Å². The van der Waals surface area contributed by atoms with Crippen LogP contribution in [0.2, 0.25) is 0 Å². The van der Waals surface area contributed by atoms with Gasteiger partial charge in [-0.3, -0.25) is 19.2 Å². The number of hydrogen-bond acceptors (Lipinski definition) is 8. The van der Waals surface area contributed by atoms with E-state index in [0.29, 0.717) is 12.2 Å². The van der Waals surface area contributed by atoms with Crippen molar-refractivity contribution < 1.29 is 33.2 Å². The molecule has 1 heterocycles. The molecule has 1 aromatic heterocycles. The van der Waals surface area contributed by atoms with Gasteiger partial charge in [-0.05, 0) is 32.1 Å². The number of carbonyl (C=O) groups excluding carboxylic acids is 4. The van der Waals surface area contributed by atoms with Crippen molar-refractivity contribution in [2.75, 3.05) is 27.4 Å². The van der Waals surface area contributed by atoms with E-state index in [0.717, 1.165) is 12.8 Å². The van der Waals surface area contributed by atoms with E-state index in [-0.39, 0.29) is 42.4 Å². The van der Waals surface area contributed by atoms with E-state index in [1.54, 1.807) is 6.92 Å². The fourth-order valence-corrected chi connectivity index (χ4v) is 3.75. The summed E-state index contributed by atoms with van der Waals surface area (Å²) in [6.45, 7) is 7.47. The van der Waals surface area contributed by atoms with Crippen molar-refractivity contribution in [3.63, 3.8) is 0 Å². The largest absolute Gasteiger partial charge is 0.384 e. The summed E-state index contributed by atoms with van der Waals surface area (Å²) in [6.07, 6.45) is 1.97. The Morgan fingerprint density at radius 3 is 2.24 bits per heavy atom. The molecule has 10 nitrogen and oxygen atoms in total. The number of nitrogens with one attached hydrogen (secondary N) is 2. The Kier molecular flexibility index (Phi) is 9.93. The summed E-state index contributed by atoms with van der Waals surface area (Å²) in [6, 6.07) is -0.142. The smallest absolute Gasteiger partial charge is 0.274 e. The zero-order valence-electron chi connectivity index (χ0n) is 20.9. The number of rotatable bonds is 15. The van der Waals surface area contributed by atoms with Crippen LogP contribution in [0.25, 0.3) is 0 Å². The molecule has 1 aliphatic rings. The van der Waals surface area contributed by atoms with Gasteiger partial charge in [-0.2, -0.15) is 0 Å². The van der Waals surface area contributed by atoms with E-state index in [9.17, 15) is 19.2 Å². The van der Waals surface area contributed by atoms with Crippen LogP contribution in [-0.2, 0) is 23.9 Å². The molecule has 10 heteroatoms. The van der Waals surface area contributed by atoms with Crippen LogP contribution in [0.15, 0.2) is 10.6 Å². The van der Waals surface area contributed by atoms with Gasteiger partial charge < -0.3 is 24.6 Å². The molecule has 2 N–H and O–H groups in total. The van der Waals surface area contributed by atoms with Crippen LogP contribution in [0.1, 0.15) is 62.7 Å². The molecule has 0 unspecified atom stereocenters. The zero-order chi connectivity index (χ0) is 25.5. The maximum absolute atomic E-state index is 13.1. The summed E-state index contributed by atoms with van der Waals surface area (Å²) in [5.74, 6) is -1.52. The molecule has 1 aliphatic carbocycles. The van der Waals surface area contributed by atoms with Crippen molar-refractivity contribution in [2.45, 2.75) is 65.5 Å². The third-order valence-electron chi connectivity index (χ3n) is 6.01. The molecule has 0 spiro atoms. The molecule has 190 valence electrons. The summed E-state index contributed by atoms with van der Waals surface area (Å²) in [5, 5.41) is 9.10. The Hall–Kier alpha value is -2.59. The Bertz CT molecular complexity index is 876. The molecule has 1 fully saturated rings. The second-order valence-electron chi connectivity index (χ2n) is 9.74. The highest BCUT2D eigenvalue weighted by atomic mass is 16.5. The lowest BCUT2D eigenvalue weighted by molar-refractivity contribution is -0.135. The monoisotopic (exact) mass is 479 g/mol. The summed E-state index contributed by atoms with van der Waals surface area (Å²) in [4.78, 5) is 51.5. The number of ether oxygens (including phenoxy) is 2. The van der Waals surface area contributed by atoms with E-state index in [1.165, 1.54) is 20.3 Å². The maximum atomic E-state index is 13.1. The molecule has 1 saturated carbocycles. The van der Waals surface area contributed by atoms with Crippen LogP contribution in [0.5, 0.6) is 0 Å². The molecule has 0 bridgehead atoms. The second kappa shape index (κ2) is 12.2. The fraction of sp³-hybridized carbons (Fsp3) is 0.708. The summed E-state index contributed by atoms with van der Waals surface area (Å²) < 4.78 is 15.2. The van der Waals surface area contributed by atoms with Crippen LogP contribution in [0.4, 0.5) is 0 Å². The predicted molar refractivity (Wildman–Crippen MR) is 123 cm³/mol. The Balaban J connectivity index is 2.08. The number of amides is 2. The van der Waals surface area contributed by atoms with Crippen molar-refractivity contribution >= 4 is 23.4 Å². The van der Waals surface area contributed by atoms with E-state index in [2.05, 4.69) is 15.8 Å². The quantitative estimate of drug-likeness (QED) is 0.389. The molecule has 34 heavy (non-hydrogen) atoms. The first-order chi connectivity index (χ1) is 16.0. The van der Waals surface area contributed by atoms with Crippen molar-refractivity contribution in [1.29, 1.82) is 0 Å². The molecule has 0 aliphatic heterocycles. The van der Waals surface area contributed by atoms with Crippen LogP contribution in [0, 0.1) is 24.2 Å². The van der Waals surface area contributed by atoms with Gasteiger partial charge in [0.25, 0.3) is 5.91 Å². The summed E-state index contributed by atoms with van der Waals surface area (Å²) in [7, 11) is 2.85. The number of nitrogens with zero attached hydrogens (tertiary/aromatic N) is 1. The fourth-order valence-electron chi connectivity index (χ4n) is 3.75. The van der Waals surface area contributed by atoms with Gasteiger partial charge in [0.15, 0.2) is 17.3 Å². The minimum Gasteiger partial charge on any atom is -0.384 e. The number of Topliss-reactive ketones (excluding diaryl/α,β-unsaturated/α-hetero) is 2. The zero-order valence-corrected chi connectivity index (χ0v) is 20.9. The predicted octanol–water partition coefficient (Wildman–Crippen LogP) is 1.85. The number of methoxy groups -OCH3 is 2. The van der Waals surface area contributed by atoms with Gasteiger partial charge in [0.05, 0.1) is 25.2 Å². The first-order valence-corrected chi connectivity index (χ1v) is 11.6. The lowest BCUT2D eigenvalue weighted by Crippen LogP contribution is -2.49. The number of aromatic nitrogens is 1. The van der Waals surface area contributed by atoms with Crippen LogP contribution >= 0.6 is 0 Å². The highest BCUT2D eigenvalue weighted by Gasteiger charge is 2.48. The van der Waals surface area contributed by atoms with Crippen molar-refractivity contribution in [3.05, 3.63) is 17.5 Å². The van der Waals surface area contributed by atoms with E-state index >= 15 is 0 Å². The minimum absolute atomic E-state index is 0.00639. The minimum atomic E-state index is -0.986. The number of carbonyl (C=O) groups is 4. The third kappa shape index (κ3) is 7.73. The van der Waals surface area contributed by atoms with Gasteiger partial charge in [-0.1, -0.05) is 25.9 Å². The van der Waals surface area contributed by atoms with Crippen LogP contribution < -0.4 is 10.6 Å². The average Bonchev–Trinajstić information content (AvgIpc) is 3.37. The maximum Gasteiger partial charge on any atom is 0.274 e. The standard InChI is InChI=1S/C24H37N3O7/c1-14(2)9-17(21(29)24(4)7-8-24)25-22(30)16(12-32-5)11-20(28)19(13-33-6)26-23(31)18-10-15(3)34-27-18/h10,14,16-17,19H,7-9,11-13H2,1-6H3,(H,25,30)(H,26,31)/t16-,17-,19-/m0/s1. The highest BCUT2D eigenvalue weighted by Crippen LogP contribution is 2.47. The van der Waals surface area contributed by atoms with Gasteiger partial charge in [-0.15, -0.1) is 0 Å². The highest BCUT2D eigenvalue weighted by molar-refractivity contribution is 5.98. The first-order valence-electron chi connectivity index (χ1n) is 11.6. The van der Waals surface area contributed by atoms with Crippen molar-refractivity contribution in [1.82, 2.24) is 15.8 Å². The SMILES string of the molecule is COC[C@H](CC(=O)[C@H](COC)NC(=O)c1cc(C)on1)C(=O)N[C@@H](CC(C)C)C(=O)C1(C)CC1. The van der Waals surface area contributed by atoms with E-state index in [1.807, 2.05) is 20.8 Å². The number of hydrogen-bond donors (Lipinski definition) is 2. The first kappa shape index (κ1) is 27.7. The van der Waals surface area contributed by atoms with Crippen LogP contribution in [0.3, 0.4) is 0 Å². The van der Waals surface area contributed by atoms with Gasteiger partial charge in [-0.25, -0.2) is 0 Å². The molecule has 3 atom stereocenters. The lowest BCUT2D eigenvalue weighted by Gasteiger charge is -2.25. The van der Waals surface area contributed by atoms with Gasteiger partial charge in [0, 0.05) is 32.1 Å². The molecular weight excluding hydrogens is 442 g/mol. The van der Waals surface area contributed by atoms with Crippen LogP contribution in [-0.4, -0.2) is 68.1 Å². The van der Waals surface area contributed by atoms with E-state index < -0.39 is 35.6 Å². The molecule has 0 aromatic carbocycles. The molecule has 2 rings (SSSR count). The normalized spacial score (nSPS) is 17.0. The van der Waals surface area contributed by atoms with Gasteiger partial charge in [0.2, 0.25) is 5.91 Å². The molecule has 1 aromatic rings. The summed E-state index contributed by atoms with van der Waals surface area (Å²) in [5.41, 5.74) is -0.339. The molecule has 2 amide bonds. The average molecular weight is 480 g/mol. The lowest BCUT2D eigenvalue weighted by atomic mass is 9.90. The Morgan fingerprint density at radius 2 is 1.74 bits per heavy atom. The molecular formula is C24H37N3O7. The van der Waals surface area contributed by atoms with Gasteiger partial charge in [0.1, 0.15) is 11.8 Å². The van der Waals surface area contributed by atoms with Gasteiger partial charge >= 0.3 is 0 Å². The third-order valence-corrected chi connectivity index (χ3v) is 6.01. The van der Waals surface area contributed by atoms with E-state index in [4.69, 9.17) is 14.0 Å². The van der Waals surface area contributed by atoms with Crippen molar-refractivity contribution in [2.24, 2.45) is 17.3 Å². The summed E-state index contributed by atoms with van der Waals surface area (Å²) >= 11 is 0. The number of aryl methyl sites for hydroxylation is 1. The molecule has 0 radical (unpaired) electrons. The van der Waals surface area contributed by atoms with Crippen molar-refractivity contribution in [3.8, 4) is 0 Å². The Morgan fingerprint density at radius 1 is 1.09 bits per heavy atom. The Labute approximate surface area is 200 Å².